The Morgan fingerprint density at radius 3 is 2.69 bits per heavy atom. The monoisotopic (exact) mass is 267 g/mol. The van der Waals surface area contributed by atoms with Gasteiger partial charge in [0.2, 0.25) is 0 Å². The number of carbonyl (C=O) groups excluding carboxylic acids is 1. The van der Waals surface area contributed by atoms with Gasteiger partial charge >= 0.3 is 5.97 Å². The maximum Gasteiger partial charge on any atom is 0.341 e. The van der Waals surface area contributed by atoms with Gasteiger partial charge in [0.1, 0.15) is 11.3 Å². The largest absolute Gasteiger partial charge is 0.496 e. The molecular formula is C9H9ClO5S. The van der Waals surface area contributed by atoms with Crippen molar-refractivity contribution < 1.29 is 26.8 Å². The van der Waals surface area contributed by atoms with Crippen molar-refractivity contribution in [2.45, 2.75) is 4.90 Å². The molecule has 0 aromatic heterocycles. The lowest BCUT2D eigenvalue weighted by atomic mass is 10.2. The third-order valence-corrected chi connectivity index (χ3v) is 3.10. The minimum absolute atomic E-state index is 0.323. The van der Waals surface area contributed by atoms with Crippen molar-refractivity contribution >= 4 is 25.7 Å². The summed E-state index contributed by atoms with van der Waals surface area (Å²) in [5.74, 6) is -1.27. The van der Waals surface area contributed by atoms with Crippen molar-refractivity contribution in [3.63, 3.8) is 0 Å². The molecule has 0 saturated carbocycles. The number of esters is 1. The van der Waals surface area contributed by atoms with Gasteiger partial charge in [-0.15, -0.1) is 0 Å². The summed E-state index contributed by atoms with van der Waals surface area (Å²) < 4.78 is 52.2. The molecule has 0 heterocycles. The summed E-state index contributed by atoms with van der Waals surface area (Å²) in [7, 11) is -0.656. The molecule has 7 heteroatoms. The Balaban J connectivity index is 3.37. The molecule has 0 fully saturated rings. The lowest BCUT2D eigenvalue weighted by Gasteiger charge is -2.07. The Kier molecular flexibility index (Phi) is 2.60. The van der Waals surface area contributed by atoms with Gasteiger partial charge in [-0.2, -0.15) is 0 Å². The molecule has 1 aromatic rings. The van der Waals surface area contributed by atoms with Crippen molar-refractivity contribution in [2.75, 3.05) is 14.1 Å². The van der Waals surface area contributed by atoms with Crippen LogP contribution in [-0.4, -0.2) is 28.5 Å². The van der Waals surface area contributed by atoms with Crippen molar-refractivity contribution in [2.24, 2.45) is 0 Å². The summed E-state index contributed by atoms with van der Waals surface area (Å²) in [6.45, 7) is 0. The fourth-order valence-electron chi connectivity index (χ4n) is 1.02. The highest BCUT2D eigenvalue weighted by Crippen LogP contribution is 2.24. The molecule has 0 bridgehead atoms. The fraction of sp³-hybridized carbons (Fsp3) is 0.222. The number of halogens is 1. The first-order valence-corrected chi connectivity index (χ1v) is 6.21. The summed E-state index contributed by atoms with van der Waals surface area (Å²) in [6.07, 6.45) is 0. The van der Waals surface area contributed by atoms with Gasteiger partial charge in [-0.25, -0.2) is 13.2 Å². The first-order valence-electron chi connectivity index (χ1n) is 5.40. The van der Waals surface area contributed by atoms with Gasteiger partial charge < -0.3 is 9.47 Å². The van der Waals surface area contributed by atoms with Crippen molar-refractivity contribution in [3.05, 3.63) is 23.8 Å². The quantitative estimate of drug-likeness (QED) is 0.612. The maximum absolute atomic E-state index is 11.5. The van der Waals surface area contributed by atoms with E-state index in [0.717, 1.165) is 25.3 Å². The summed E-state index contributed by atoms with van der Waals surface area (Å²) in [5, 5.41) is 0. The van der Waals surface area contributed by atoms with Crippen LogP contribution in [0.3, 0.4) is 0 Å². The van der Waals surface area contributed by atoms with Crippen LogP contribution in [0.4, 0.5) is 0 Å². The zero-order chi connectivity index (χ0) is 14.8. The molecule has 16 heavy (non-hydrogen) atoms. The van der Waals surface area contributed by atoms with Crippen LogP contribution in [0.2, 0.25) is 0 Å². The lowest BCUT2D eigenvalue weighted by molar-refractivity contribution is 0.0597. The Labute approximate surface area is 102 Å². The lowest BCUT2D eigenvalue weighted by Crippen LogP contribution is -2.05. The molecule has 1 rings (SSSR count). The van der Waals surface area contributed by atoms with E-state index in [1.807, 2.05) is 0 Å². The number of rotatable bonds is 3. The summed E-state index contributed by atoms with van der Waals surface area (Å²) in [6, 6.07) is 2.93. The number of hydrogen-bond donors (Lipinski definition) is 0. The van der Waals surface area contributed by atoms with Gasteiger partial charge in [0.25, 0.3) is 9.05 Å². The number of benzene rings is 1. The average molecular weight is 268 g/mol. The van der Waals surface area contributed by atoms with E-state index in [4.69, 9.17) is 14.8 Å². The zero-order valence-corrected chi connectivity index (χ0v) is 9.63. The molecule has 5 nitrogen and oxygen atoms in total. The first kappa shape index (κ1) is 8.83. The molecule has 0 amide bonds. The number of hydrogen-bond acceptors (Lipinski definition) is 5. The summed E-state index contributed by atoms with van der Waals surface area (Å²) in [5.41, 5.74) is -0.347. The van der Waals surface area contributed by atoms with Gasteiger partial charge in [-0.1, -0.05) is 0 Å². The van der Waals surface area contributed by atoms with E-state index in [0.29, 0.717) is 0 Å². The highest BCUT2D eigenvalue weighted by molar-refractivity contribution is 8.13. The average Bonchev–Trinajstić information content (AvgIpc) is 2.25. The molecule has 0 aliphatic carbocycles. The topological polar surface area (TPSA) is 69.7 Å². The van der Waals surface area contributed by atoms with Crippen molar-refractivity contribution in [1.82, 2.24) is 0 Å². The smallest absolute Gasteiger partial charge is 0.341 e. The van der Waals surface area contributed by atoms with E-state index in [1.165, 1.54) is 0 Å². The van der Waals surface area contributed by atoms with Gasteiger partial charge in [0, 0.05) is 10.7 Å². The Hall–Kier alpha value is -1.27. The molecule has 0 saturated heterocycles. The first-order chi connectivity index (χ1) is 8.54. The summed E-state index contributed by atoms with van der Waals surface area (Å²) in [4.78, 5) is 11.1. The molecule has 0 atom stereocenters. The fourth-order valence-corrected chi connectivity index (χ4v) is 1.80. The Morgan fingerprint density at radius 1 is 1.50 bits per heavy atom. The predicted octanol–water partition coefficient (Wildman–Crippen LogP) is 1.41. The van der Waals surface area contributed by atoms with E-state index >= 15 is 0 Å². The van der Waals surface area contributed by atoms with Gasteiger partial charge in [-0.05, 0) is 18.2 Å². The molecule has 0 radical (unpaired) electrons. The molecule has 1 aromatic carbocycles. The van der Waals surface area contributed by atoms with E-state index in [-0.39, 0.29) is 16.2 Å². The normalized spacial score (nSPS) is 14.5. The zero-order valence-electron chi connectivity index (χ0n) is 11.1. The highest BCUT2D eigenvalue weighted by atomic mass is 35.7. The number of carbonyl (C=O) groups is 1. The Bertz CT molecular complexity index is 596. The molecule has 0 unspecified atom stereocenters. The van der Waals surface area contributed by atoms with Crippen LogP contribution in [0.1, 0.15) is 14.5 Å². The third kappa shape index (κ3) is 2.65. The van der Waals surface area contributed by atoms with Crippen LogP contribution in [0.15, 0.2) is 23.1 Å². The van der Waals surface area contributed by atoms with Crippen LogP contribution >= 0.6 is 10.7 Å². The molecular weight excluding hydrogens is 256 g/mol. The standard InChI is InChI=1S/C9H9ClO5S/c1-14-8-4-3-6(16(10,12)13)5-7(8)9(11)15-2/h3-5H,1-2H3/i1D3. The SMILES string of the molecule is [2H]C([2H])([2H])Oc1ccc(S(=O)(=O)Cl)cc1C(=O)OC. The van der Waals surface area contributed by atoms with Crippen molar-refractivity contribution in [3.8, 4) is 5.75 Å². The minimum atomic E-state index is -4.06. The molecule has 0 spiro atoms. The molecule has 0 N–H and O–H groups in total. The van der Waals surface area contributed by atoms with Crippen LogP contribution in [0, 0.1) is 0 Å². The number of methoxy groups -OCH3 is 2. The second-order valence-electron chi connectivity index (χ2n) is 2.69. The predicted molar refractivity (Wildman–Crippen MR) is 57.4 cm³/mol. The van der Waals surface area contributed by atoms with Crippen LogP contribution in [0.25, 0.3) is 0 Å². The van der Waals surface area contributed by atoms with Crippen LogP contribution in [-0.2, 0) is 13.8 Å². The second kappa shape index (κ2) is 4.71. The van der Waals surface area contributed by atoms with E-state index in [9.17, 15) is 13.2 Å². The van der Waals surface area contributed by atoms with Gasteiger partial charge in [0.15, 0.2) is 0 Å². The Morgan fingerprint density at radius 2 is 2.19 bits per heavy atom. The molecule has 88 valence electrons. The van der Waals surface area contributed by atoms with Gasteiger partial charge in [-0.3, -0.25) is 0 Å². The number of ether oxygens (including phenoxy) is 2. The van der Waals surface area contributed by atoms with E-state index in [2.05, 4.69) is 9.47 Å². The van der Waals surface area contributed by atoms with Gasteiger partial charge in [0.05, 0.1) is 23.2 Å². The molecule has 0 aliphatic heterocycles. The maximum atomic E-state index is 11.5. The third-order valence-electron chi connectivity index (χ3n) is 1.75. The molecule has 0 aliphatic rings. The second-order valence-corrected chi connectivity index (χ2v) is 5.26. The minimum Gasteiger partial charge on any atom is -0.496 e. The highest BCUT2D eigenvalue weighted by Gasteiger charge is 2.18. The van der Waals surface area contributed by atoms with Crippen LogP contribution < -0.4 is 4.74 Å². The van der Waals surface area contributed by atoms with E-state index < -0.39 is 22.1 Å². The van der Waals surface area contributed by atoms with Crippen molar-refractivity contribution in [1.29, 1.82) is 0 Å². The van der Waals surface area contributed by atoms with Crippen LogP contribution in [0.5, 0.6) is 5.75 Å². The van der Waals surface area contributed by atoms with E-state index in [1.54, 1.807) is 0 Å². The summed E-state index contributed by atoms with van der Waals surface area (Å²) >= 11 is 0.